The number of fused-ring (bicyclic) bond motifs is 1. The Balaban J connectivity index is 1.44. The van der Waals surface area contributed by atoms with Gasteiger partial charge in [0, 0.05) is 69.2 Å². The number of H-pyrrole nitrogens is 1. The molecule has 0 radical (unpaired) electrons. The van der Waals surface area contributed by atoms with Crippen LogP contribution in [0.15, 0.2) is 85.1 Å². The zero-order valence-corrected chi connectivity index (χ0v) is 35.5. The van der Waals surface area contributed by atoms with Gasteiger partial charge in [0.25, 0.3) is 0 Å². The number of rotatable bonds is 20. The van der Waals surface area contributed by atoms with E-state index in [2.05, 4.69) is 26.3 Å². The Labute approximate surface area is 352 Å². The van der Waals surface area contributed by atoms with E-state index in [4.69, 9.17) is 10.5 Å². The van der Waals surface area contributed by atoms with Crippen molar-refractivity contribution in [3.63, 3.8) is 0 Å². The number of hydrogen-bond acceptors (Lipinski definition) is 7. The molecular formula is C45H60N8O7. The summed E-state index contributed by atoms with van der Waals surface area (Å²) >= 11 is 0. The van der Waals surface area contributed by atoms with E-state index in [1.807, 2.05) is 85.8 Å². The number of primary amides is 1. The summed E-state index contributed by atoms with van der Waals surface area (Å²) in [4.78, 5) is 85.4. The number of amides is 7. The molecule has 0 saturated carbocycles. The smallest absolute Gasteiger partial charge is 0.408 e. The molecule has 0 saturated heterocycles. The van der Waals surface area contributed by atoms with E-state index >= 15 is 0 Å². The van der Waals surface area contributed by atoms with Crippen LogP contribution < -0.4 is 27.0 Å². The van der Waals surface area contributed by atoms with Crippen molar-refractivity contribution in [2.24, 2.45) is 5.73 Å². The molecule has 4 rings (SSSR count). The van der Waals surface area contributed by atoms with Gasteiger partial charge in [0.2, 0.25) is 23.6 Å². The lowest BCUT2D eigenvalue weighted by molar-refractivity contribution is -0.138. The summed E-state index contributed by atoms with van der Waals surface area (Å²) in [6, 6.07) is 21.0. The van der Waals surface area contributed by atoms with Crippen molar-refractivity contribution < 1.29 is 33.5 Å². The minimum absolute atomic E-state index is 0.0481. The Morgan fingerprint density at radius 3 is 2.20 bits per heavy atom. The van der Waals surface area contributed by atoms with Gasteiger partial charge in [0.05, 0.1) is 0 Å². The van der Waals surface area contributed by atoms with Gasteiger partial charge in [-0.05, 0) is 82.2 Å². The number of benzene rings is 3. The topological polar surface area (TPSA) is 208 Å². The number of anilines is 1. The van der Waals surface area contributed by atoms with Crippen molar-refractivity contribution in [1.82, 2.24) is 30.7 Å². The third-order valence-corrected chi connectivity index (χ3v) is 10.0. The van der Waals surface area contributed by atoms with Crippen LogP contribution in [0.4, 0.5) is 15.3 Å². The van der Waals surface area contributed by atoms with E-state index in [1.165, 1.54) is 9.80 Å². The van der Waals surface area contributed by atoms with Crippen LogP contribution in [0.3, 0.4) is 0 Å². The minimum Gasteiger partial charge on any atom is -0.444 e. The van der Waals surface area contributed by atoms with Crippen molar-refractivity contribution in [3.05, 3.63) is 102 Å². The number of alkyl carbamates (subject to hydrolysis) is 1. The largest absolute Gasteiger partial charge is 0.444 e. The zero-order chi connectivity index (χ0) is 43.8. The number of aromatic amines is 1. The van der Waals surface area contributed by atoms with E-state index in [9.17, 15) is 28.8 Å². The Hall–Kier alpha value is -6.38. The number of ether oxygens (including phenoxy) is 1. The number of nitrogens with zero attached hydrogens (tertiary/aromatic N) is 2. The molecule has 1 aromatic heterocycles. The summed E-state index contributed by atoms with van der Waals surface area (Å²) in [7, 11) is 3.14. The molecule has 3 atom stereocenters. The van der Waals surface area contributed by atoms with Crippen LogP contribution in [0.1, 0.15) is 69.6 Å². The summed E-state index contributed by atoms with van der Waals surface area (Å²) < 4.78 is 5.50. The Bertz CT molecular complexity index is 2080. The van der Waals surface area contributed by atoms with E-state index < -0.39 is 47.5 Å². The Morgan fingerprint density at radius 2 is 1.50 bits per heavy atom. The molecule has 322 valence electrons. The fourth-order valence-corrected chi connectivity index (χ4v) is 6.72. The standard InChI is InChI=1S/C45H60N8O7/c1-30-17-10-12-21-34(30)50-43(58)47-25-15-14-23-36(42(57)52(5)26-16-24-39(54)53(6)38(40(46)55)27-31-18-8-7-9-19-31)49-41(56)37(51-44(59)60-45(2,3)4)28-32-29-48-35-22-13-11-20-33(32)35/h7-13,17-22,29,36-38,48H,14-16,23-28H2,1-6H3,(H2,46,55)(H,49,56)(H,51,59)(H2,47,50,58)/t36-,37?,38?/m0/s1. The first-order valence-corrected chi connectivity index (χ1v) is 20.3. The van der Waals surface area contributed by atoms with Crippen LogP contribution in [0.2, 0.25) is 0 Å². The first kappa shape index (κ1) is 46.3. The molecule has 4 aromatic rings. The van der Waals surface area contributed by atoms with Crippen molar-refractivity contribution in [1.29, 1.82) is 0 Å². The van der Waals surface area contributed by atoms with Gasteiger partial charge in [-0.25, -0.2) is 9.59 Å². The second-order valence-electron chi connectivity index (χ2n) is 16.0. The second kappa shape index (κ2) is 22.1. The maximum Gasteiger partial charge on any atom is 0.408 e. The number of aromatic nitrogens is 1. The molecule has 0 bridgehead atoms. The maximum atomic E-state index is 14.1. The van der Waals surface area contributed by atoms with Gasteiger partial charge >= 0.3 is 12.1 Å². The number of carbonyl (C=O) groups excluding carboxylic acids is 6. The molecule has 15 nitrogen and oxygen atoms in total. The number of hydrogen-bond donors (Lipinski definition) is 6. The molecule has 7 N–H and O–H groups in total. The molecule has 1 heterocycles. The molecule has 0 aliphatic carbocycles. The second-order valence-corrected chi connectivity index (χ2v) is 16.0. The van der Waals surface area contributed by atoms with Crippen LogP contribution in [0, 0.1) is 6.92 Å². The normalized spacial score (nSPS) is 12.7. The average Bonchev–Trinajstić information content (AvgIpc) is 3.61. The molecule has 3 aromatic carbocycles. The van der Waals surface area contributed by atoms with Crippen molar-refractivity contribution >= 4 is 52.3 Å². The lowest BCUT2D eigenvalue weighted by Gasteiger charge is -2.28. The van der Waals surface area contributed by atoms with Gasteiger partial charge in [0.1, 0.15) is 23.7 Å². The number of aryl methyl sites for hydroxylation is 1. The molecule has 0 fully saturated rings. The van der Waals surface area contributed by atoms with Gasteiger partial charge in [-0.2, -0.15) is 0 Å². The highest BCUT2D eigenvalue weighted by molar-refractivity contribution is 5.93. The molecule has 0 aliphatic heterocycles. The maximum absolute atomic E-state index is 14.1. The van der Waals surface area contributed by atoms with Crippen molar-refractivity contribution in [2.75, 3.05) is 32.5 Å². The van der Waals surface area contributed by atoms with E-state index in [0.717, 1.165) is 27.6 Å². The zero-order valence-electron chi connectivity index (χ0n) is 35.5. The molecule has 60 heavy (non-hydrogen) atoms. The SMILES string of the molecule is Cc1ccccc1NC(=O)NCCCC[C@H](NC(=O)C(Cc1c[nH]c2ccccc12)NC(=O)OC(C)(C)C)C(=O)N(C)CCCC(=O)N(C)C(Cc1ccccc1)C(N)=O. The number of urea groups is 1. The highest BCUT2D eigenvalue weighted by atomic mass is 16.6. The molecular weight excluding hydrogens is 765 g/mol. The molecule has 2 unspecified atom stereocenters. The van der Waals surface area contributed by atoms with Gasteiger partial charge < -0.3 is 46.5 Å². The number of unbranched alkanes of at least 4 members (excludes halogenated alkanes) is 1. The third-order valence-electron chi connectivity index (χ3n) is 10.0. The summed E-state index contributed by atoms with van der Waals surface area (Å²) in [6.45, 7) is 7.56. The lowest BCUT2D eigenvalue weighted by Crippen LogP contribution is -2.55. The number of likely N-dealkylation sites (N-methyl/N-ethyl adjacent to an activating group) is 2. The minimum atomic E-state index is -1.10. The molecule has 0 aliphatic rings. The van der Waals surface area contributed by atoms with Crippen molar-refractivity contribution in [2.45, 2.75) is 96.4 Å². The van der Waals surface area contributed by atoms with Gasteiger partial charge in [-0.3, -0.25) is 19.2 Å². The summed E-state index contributed by atoms with van der Waals surface area (Å²) in [6.07, 6.45) is 2.90. The van der Waals surface area contributed by atoms with E-state index in [1.54, 1.807) is 41.1 Å². The number of para-hydroxylation sites is 2. The fourth-order valence-electron chi connectivity index (χ4n) is 6.72. The van der Waals surface area contributed by atoms with E-state index in [0.29, 0.717) is 25.1 Å². The molecule has 15 heteroatoms. The van der Waals surface area contributed by atoms with Crippen LogP contribution in [-0.2, 0) is 36.8 Å². The molecule has 7 amide bonds. The monoisotopic (exact) mass is 824 g/mol. The quantitative estimate of drug-likeness (QED) is 0.0658. The van der Waals surface area contributed by atoms with Crippen LogP contribution >= 0.6 is 0 Å². The summed E-state index contributed by atoms with van der Waals surface area (Å²) in [5.41, 5.74) is 9.00. The number of carbonyl (C=O) groups is 6. The lowest BCUT2D eigenvalue weighted by atomic mass is 10.0. The van der Waals surface area contributed by atoms with E-state index in [-0.39, 0.29) is 50.6 Å². The summed E-state index contributed by atoms with van der Waals surface area (Å²) in [5.74, 6) is -1.89. The van der Waals surface area contributed by atoms with Crippen LogP contribution in [0.25, 0.3) is 10.9 Å². The highest BCUT2D eigenvalue weighted by Gasteiger charge is 2.31. The Kier molecular flexibility index (Phi) is 17.1. The first-order valence-electron chi connectivity index (χ1n) is 20.3. The Morgan fingerprint density at radius 1 is 0.817 bits per heavy atom. The van der Waals surface area contributed by atoms with Gasteiger partial charge in [-0.1, -0.05) is 66.7 Å². The summed E-state index contributed by atoms with van der Waals surface area (Å²) in [5, 5.41) is 12.2. The first-order chi connectivity index (χ1) is 28.5. The number of nitrogens with two attached hydrogens (primary N) is 1. The molecule has 0 spiro atoms. The average molecular weight is 825 g/mol. The predicted molar refractivity (Wildman–Crippen MR) is 232 cm³/mol. The van der Waals surface area contributed by atoms with Gasteiger partial charge in [-0.15, -0.1) is 0 Å². The van der Waals surface area contributed by atoms with Crippen LogP contribution in [0.5, 0.6) is 0 Å². The van der Waals surface area contributed by atoms with Crippen molar-refractivity contribution in [3.8, 4) is 0 Å². The van der Waals surface area contributed by atoms with Crippen LogP contribution in [-0.4, -0.2) is 101 Å². The van der Waals surface area contributed by atoms with Gasteiger partial charge in [0.15, 0.2) is 0 Å². The third kappa shape index (κ3) is 14.5. The number of nitrogens with one attached hydrogen (secondary N) is 5. The fraction of sp³-hybridized carbons (Fsp3) is 0.422. The highest BCUT2D eigenvalue weighted by Crippen LogP contribution is 2.20. The predicted octanol–water partition coefficient (Wildman–Crippen LogP) is 5.18.